The fraction of sp³-hybridized carbons (Fsp3) is 0.100. The number of para-hydroxylation sites is 1. The van der Waals surface area contributed by atoms with E-state index in [4.69, 9.17) is 12.2 Å². The molecule has 2 aromatic carbocycles. The summed E-state index contributed by atoms with van der Waals surface area (Å²) >= 11 is 7.99. The summed E-state index contributed by atoms with van der Waals surface area (Å²) in [7, 11) is 1.67. The highest BCUT2D eigenvalue weighted by atomic mass is 32.2. The molecular formula is C20H15N3O2S3. The molecule has 28 heavy (non-hydrogen) atoms. The lowest BCUT2D eigenvalue weighted by atomic mass is 10.2. The van der Waals surface area contributed by atoms with Crippen LogP contribution in [0.25, 0.3) is 16.0 Å². The summed E-state index contributed by atoms with van der Waals surface area (Å²) in [6.07, 6.45) is 0. The number of ketones is 1. The Hall–Kier alpha value is -2.55. The van der Waals surface area contributed by atoms with Crippen molar-refractivity contribution >= 4 is 51.4 Å². The van der Waals surface area contributed by atoms with E-state index in [2.05, 4.69) is 4.98 Å². The number of thiazole rings is 1. The molecule has 0 unspecified atom stereocenters. The minimum Gasteiger partial charge on any atom is -0.293 e. The summed E-state index contributed by atoms with van der Waals surface area (Å²) in [6.45, 7) is 0. The number of fused-ring (bicyclic) bond motifs is 1. The molecule has 2 heterocycles. The zero-order valence-corrected chi connectivity index (χ0v) is 17.3. The molecule has 0 amide bonds. The van der Waals surface area contributed by atoms with E-state index >= 15 is 0 Å². The Balaban J connectivity index is 1.75. The summed E-state index contributed by atoms with van der Waals surface area (Å²) in [4.78, 5) is 29.9. The molecule has 0 saturated carbocycles. The van der Waals surface area contributed by atoms with Crippen molar-refractivity contribution in [2.75, 3.05) is 5.75 Å². The van der Waals surface area contributed by atoms with E-state index in [1.54, 1.807) is 23.7 Å². The topological polar surface area (TPSA) is 56.9 Å². The van der Waals surface area contributed by atoms with Gasteiger partial charge in [0.1, 0.15) is 4.70 Å². The van der Waals surface area contributed by atoms with Crippen molar-refractivity contribution in [3.8, 4) is 5.69 Å². The van der Waals surface area contributed by atoms with Gasteiger partial charge in [-0.05, 0) is 24.4 Å². The lowest BCUT2D eigenvalue weighted by Crippen LogP contribution is -2.20. The van der Waals surface area contributed by atoms with Gasteiger partial charge in [0.25, 0.3) is 5.56 Å². The summed E-state index contributed by atoms with van der Waals surface area (Å²) < 4.78 is 4.36. The maximum atomic E-state index is 12.8. The fourth-order valence-electron chi connectivity index (χ4n) is 2.78. The maximum Gasteiger partial charge on any atom is 0.273 e. The number of carbonyl (C=O) groups excluding carboxylic acids is 1. The predicted octanol–water partition coefficient (Wildman–Crippen LogP) is 4.49. The smallest absolute Gasteiger partial charge is 0.273 e. The van der Waals surface area contributed by atoms with Crippen LogP contribution in [0.2, 0.25) is 0 Å². The van der Waals surface area contributed by atoms with Gasteiger partial charge in [0.05, 0.1) is 5.75 Å². The molecule has 140 valence electrons. The normalized spacial score (nSPS) is 11.0. The molecule has 8 heteroatoms. The van der Waals surface area contributed by atoms with Gasteiger partial charge in [-0.2, -0.15) is 0 Å². The number of carbonyl (C=O) groups is 1. The molecule has 0 aliphatic carbocycles. The molecule has 0 spiro atoms. The van der Waals surface area contributed by atoms with E-state index in [0.717, 1.165) is 5.69 Å². The second-order valence-corrected chi connectivity index (χ2v) is 8.61. The third-order valence-corrected chi connectivity index (χ3v) is 6.60. The van der Waals surface area contributed by atoms with Crippen LogP contribution in [-0.2, 0) is 7.05 Å². The van der Waals surface area contributed by atoms with Gasteiger partial charge in [0.15, 0.2) is 20.5 Å². The molecule has 0 bridgehead atoms. The number of aromatic nitrogens is 3. The third-order valence-electron chi connectivity index (χ3n) is 4.22. The average molecular weight is 426 g/mol. The van der Waals surface area contributed by atoms with Crippen LogP contribution in [0.5, 0.6) is 0 Å². The predicted molar refractivity (Wildman–Crippen MR) is 117 cm³/mol. The van der Waals surface area contributed by atoms with Crippen LogP contribution in [0.15, 0.2) is 70.6 Å². The third kappa shape index (κ3) is 3.46. The highest BCUT2D eigenvalue weighted by Crippen LogP contribution is 2.25. The first kappa shape index (κ1) is 18.8. The summed E-state index contributed by atoms with van der Waals surface area (Å²) in [6, 6.07) is 18.7. The fourth-order valence-corrected chi connectivity index (χ4v) is 4.99. The van der Waals surface area contributed by atoms with Crippen LogP contribution in [0.3, 0.4) is 0 Å². The Morgan fingerprint density at radius 1 is 1.11 bits per heavy atom. The molecular weight excluding hydrogens is 410 g/mol. The summed E-state index contributed by atoms with van der Waals surface area (Å²) in [5.74, 6) is 0.191. The van der Waals surface area contributed by atoms with Gasteiger partial charge in [0.2, 0.25) is 0 Å². The van der Waals surface area contributed by atoms with Gasteiger partial charge in [-0.15, -0.1) is 0 Å². The first-order valence-corrected chi connectivity index (χ1v) is 10.7. The van der Waals surface area contributed by atoms with Crippen LogP contribution in [0.1, 0.15) is 10.4 Å². The Labute approximate surface area is 174 Å². The minimum atomic E-state index is -0.162. The van der Waals surface area contributed by atoms with Gasteiger partial charge in [-0.25, -0.2) is 4.98 Å². The van der Waals surface area contributed by atoms with Gasteiger partial charge >= 0.3 is 0 Å². The average Bonchev–Trinajstić information content (AvgIpc) is 3.06. The van der Waals surface area contributed by atoms with Gasteiger partial charge in [0, 0.05) is 18.3 Å². The van der Waals surface area contributed by atoms with Crippen LogP contribution in [0.4, 0.5) is 0 Å². The molecule has 0 aliphatic rings. The van der Waals surface area contributed by atoms with Crippen molar-refractivity contribution in [1.82, 2.24) is 14.1 Å². The van der Waals surface area contributed by atoms with Crippen molar-refractivity contribution < 1.29 is 4.79 Å². The van der Waals surface area contributed by atoms with Crippen LogP contribution >= 0.6 is 35.3 Å². The largest absolute Gasteiger partial charge is 0.293 e. The first-order valence-electron chi connectivity index (χ1n) is 8.45. The molecule has 0 radical (unpaired) electrons. The Morgan fingerprint density at radius 2 is 1.75 bits per heavy atom. The molecule has 0 aliphatic heterocycles. The van der Waals surface area contributed by atoms with Crippen molar-refractivity contribution in [3.05, 3.63) is 80.5 Å². The zero-order valence-electron chi connectivity index (χ0n) is 14.9. The SMILES string of the molecule is Cn1c(SCC(=O)c2ccccc2)nc2c(sc(=S)n2-c2ccccc2)c1=O. The van der Waals surface area contributed by atoms with Gasteiger partial charge < -0.3 is 0 Å². The maximum absolute atomic E-state index is 12.8. The van der Waals surface area contributed by atoms with Crippen LogP contribution in [-0.4, -0.2) is 25.7 Å². The lowest BCUT2D eigenvalue weighted by Gasteiger charge is -2.09. The lowest BCUT2D eigenvalue weighted by molar-refractivity contribution is 0.102. The monoisotopic (exact) mass is 425 g/mol. The van der Waals surface area contributed by atoms with Crippen LogP contribution in [0, 0.1) is 3.95 Å². The van der Waals surface area contributed by atoms with Gasteiger partial charge in [-0.1, -0.05) is 71.6 Å². The van der Waals surface area contributed by atoms with Gasteiger partial charge in [-0.3, -0.25) is 18.7 Å². The molecule has 2 aromatic heterocycles. The van der Waals surface area contributed by atoms with E-state index in [1.165, 1.54) is 27.7 Å². The summed E-state index contributed by atoms with van der Waals surface area (Å²) in [5.41, 5.74) is 1.86. The van der Waals surface area contributed by atoms with Crippen molar-refractivity contribution in [1.29, 1.82) is 0 Å². The quantitative estimate of drug-likeness (QED) is 0.204. The van der Waals surface area contributed by atoms with E-state index < -0.39 is 0 Å². The van der Waals surface area contributed by atoms with Crippen LogP contribution < -0.4 is 5.56 Å². The number of thioether (sulfide) groups is 1. The highest BCUT2D eigenvalue weighted by Gasteiger charge is 2.17. The molecule has 0 fully saturated rings. The number of Topliss-reactive ketones (excluding diaryl/α,β-unsaturated/α-hetero) is 1. The molecule has 0 N–H and O–H groups in total. The van der Waals surface area contributed by atoms with Crippen molar-refractivity contribution in [3.63, 3.8) is 0 Å². The Morgan fingerprint density at radius 3 is 2.43 bits per heavy atom. The highest BCUT2D eigenvalue weighted by molar-refractivity contribution is 7.99. The summed E-state index contributed by atoms with van der Waals surface area (Å²) in [5, 5.41) is 0.485. The zero-order chi connectivity index (χ0) is 19.7. The number of hydrogen-bond donors (Lipinski definition) is 0. The van der Waals surface area contributed by atoms with E-state index in [-0.39, 0.29) is 17.1 Å². The number of nitrogens with zero attached hydrogens (tertiary/aromatic N) is 3. The number of hydrogen-bond acceptors (Lipinski definition) is 6. The molecule has 4 rings (SSSR count). The molecule has 4 aromatic rings. The number of rotatable bonds is 5. The molecule has 5 nitrogen and oxygen atoms in total. The van der Waals surface area contributed by atoms with E-state index in [9.17, 15) is 9.59 Å². The standard InChI is InChI=1S/C20H15N3O2S3/c1-22-18(25)16-17(23(20(26)28-16)14-10-6-3-7-11-14)21-19(22)27-12-15(24)13-8-4-2-5-9-13/h2-11H,12H2,1H3. The van der Waals surface area contributed by atoms with E-state index in [0.29, 0.717) is 25.0 Å². The Kier molecular flexibility index (Phi) is 5.25. The Bertz CT molecular complexity index is 1280. The second kappa shape index (κ2) is 7.83. The van der Waals surface area contributed by atoms with Crippen molar-refractivity contribution in [2.24, 2.45) is 7.05 Å². The first-order chi connectivity index (χ1) is 13.6. The molecule has 0 saturated heterocycles. The number of benzene rings is 2. The van der Waals surface area contributed by atoms with Crippen molar-refractivity contribution in [2.45, 2.75) is 5.16 Å². The second-order valence-electron chi connectivity index (χ2n) is 6.03. The minimum absolute atomic E-state index is 0.00911. The molecule has 0 atom stereocenters. The van der Waals surface area contributed by atoms with E-state index in [1.807, 2.05) is 48.5 Å².